The van der Waals surface area contributed by atoms with Crippen molar-refractivity contribution < 1.29 is 4.79 Å². The van der Waals surface area contributed by atoms with Crippen LogP contribution in [0.5, 0.6) is 0 Å². The molecule has 0 radical (unpaired) electrons. The Bertz CT molecular complexity index is 1410. The van der Waals surface area contributed by atoms with Crippen LogP contribution >= 0.6 is 0 Å². The van der Waals surface area contributed by atoms with Crippen LogP contribution in [0.3, 0.4) is 0 Å². The molecule has 35 heavy (non-hydrogen) atoms. The molecule has 1 aliphatic carbocycles. The molecule has 1 atom stereocenters. The highest BCUT2D eigenvalue weighted by molar-refractivity contribution is 5.81. The third kappa shape index (κ3) is 4.51. The van der Waals surface area contributed by atoms with Gasteiger partial charge in [-0.05, 0) is 61.6 Å². The summed E-state index contributed by atoms with van der Waals surface area (Å²) >= 11 is 0. The van der Waals surface area contributed by atoms with E-state index in [1.54, 1.807) is 4.57 Å². The Hall–Kier alpha value is -3.73. The average Bonchev–Trinajstić information content (AvgIpc) is 2.83. The SMILES string of the molecule is CCC(c1nc2ccccc2c(=O)n1-c1cccc(C)c1)N(Cc1ccccc1)C(=O)C1CCC1. The molecule has 1 unspecified atom stereocenters. The second-order valence-corrected chi connectivity index (χ2v) is 9.47. The van der Waals surface area contributed by atoms with Crippen LogP contribution in [-0.2, 0) is 11.3 Å². The molecule has 1 saturated carbocycles. The zero-order valence-corrected chi connectivity index (χ0v) is 20.4. The molecule has 0 saturated heterocycles. The molecule has 0 N–H and O–H groups in total. The second-order valence-electron chi connectivity index (χ2n) is 9.47. The molecule has 0 aliphatic heterocycles. The van der Waals surface area contributed by atoms with Crippen molar-refractivity contribution in [2.75, 3.05) is 0 Å². The van der Waals surface area contributed by atoms with Gasteiger partial charge in [-0.3, -0.25) is 14.2 Å². The fourth-order valence-electron chi connectivity index (χ4n) is 4.94. The van der Waals surface area contributed by atoms with Crippen LogP contribution in [0.4, 0.5) is 0 Å². The van der Waals surface area contributed by atoms with Crippen LogP contribution in [0, 0.1) is 12.8 Å². The first-order valence-electron chi connectivity index (χ1n) is 12.5. The lowest BCUT2D eigenvalue weighted by Crippen LogP contribution is -2.42. The number of benzene rings is 3. The van der Waals surface area contributed by atoms with E-state index in [4.69, 9.17) is 4.98 Å². The van der Waals surface area contributed by atoms with E-state index in [1.807, 2.05) is 78.6 Å². The normalized spacial score (nSPS) is 14.5. The van der Waals surface area contributed by atoms with Crippen molar-refractivity contribution in [1.29, 1.82) is 0 Å². The maximum Gasteiger partial charge on any atom is 0.266 e. The van der Waals surface area contributed by atoms with Gasteiger partial charge in [-0.1, -0.05) is 67.9 Å². The van der Waals surface area contributed by atoms with Gasteiger partial charge in [0.2, 0.25) is 5.91 Å². The van der Waals surface area contributed by atoms with Crippen LogP contribution in [0.2, 0.25) is 0 Å². The highest BCUT2D eigenvalue weighted by Crippen LogP contribution is 2.34. The van der Waals surface area contributed by atoms with Gasteiger partial charge in [0.05, 0.1) is 22.6 Å². The van der Waals surface area contributed by atoms with E-state index >= 15 is 0 Å². The number of para-hydroxylation sites is 1. The molecule has 1 heterocycles. The minimum atomic E-state index is -0.332. The molecule has 178 valence electrons. The molecule has 0 spiro atoms. The van der Waals surface area contributed by atoms with Gasteiger partial charge in [0, 0.05) is 12.5 Å². The summed E-state index contributed by atoms with van der Waals surface area (Å²) < 4.78 is 1.72. The number of carbonyl (C=O) groups excluding carboxylic acids is 1. The number of nitrogens with zero attached hydrogens (tertiary/aromatic N) is 3. The third-order valence-electron chi connectivity index (χ3n) is 7.06. The Morgan fingerprint density at radius 2 is 1.77 bits per heavy atom. The Kier molecular flexibility index (Phi) is 6.49. The average molecular weight is 466 g/mol. The summed E-state index contributed by atoms with van der Waals surface area (Å²) in [5.41, 5.74) is 3.46. The predicted octanol–water partition coefficient (Wildman–Crippen LogP) is 5.97. The lowest BCUT2D eigenvalue weighted by molar-refractivity contribution is -0.142. The monoisotopic (exact) mass is 465 g/mol. The van der Waals surface area contributed by atoms with E-state index in [0.29, 0.717) is 29.7 Å². The minimum Gasteiger partial charge on any atom is -0.328 e. The van der Waals surface area contributed by atoms with E-state index in [2.05, 4.69) is 19.1 Å². The standard InChI is InChI=1S/C30H31N3O2/c1-3-27(32(29(34)23-14-10-15-23)20-22-12-5-4-6-13-22)28-31-26-18-8-7-17-25(26)30(35)33(28)24-16-9-11-21(2)19-24/h4-9,11-13,16-19,23,27H,3,10,14-15,20H2,1-2H3. The number of hydrogen-bond donors (Lipinski definition) is 0. The van der Waals surface area contributed by atoms with Crippen molar-refractivity contribution in [2.45, 2.75) is 52.1 Å². The van der Waals surface area contributed by atoms with Crippen molar-refractivity contribution in [3.63, 3.8) is 0 Å². The molecule has 0 bridgehead atoms. The lowest BCUT2D eigenvalue weighted by Gasteiger charge is -2.37. The first-order valence-corrected chi connectivity index (χ1v) is 12.5. The maximum atomic E-state index is 13.9. The summed E-state index contributed by atoms with van der Waals surface area (Å²) in [6.07, 6.45) is 3.60. The largest absolute Gasteiger partial charge is 0.328 e. The summed E-state index contributed by atoms with van der Waals surface area (Å²) in [4.78, 5) is 34.6. The van der Waals surface area contributed by atoms with Crippen LogP contribution < -0.4 is 5.56 Å². The Labute approximate surface area is 206 Å². The number of hydrogen-bond acceptors (Lipinski definition) is 3. The summed E-state index contributed by atoms with van der Waals surface area (Å²) in [5.74, 6) is 0.822. The smallest absolute Gasteiger partial charge is 0.266 e. The van der Waals surface area contributed by atoms with Crippen LogP contribution in [0.15, 0.2) is 83.7 Å². The van der Waals surface area contributed by atoms with E-state index < -0.39 is 0 Å². The first kappa shape index (κ1) is 23.0. The molecular formula is C30H31N3O2. The van der Waals surface area contributed by atoms with Crippen LogP contribution in [-0.4, -0.2) is 20.4 Å². The van der Waals surface area contributed by atoms with Gasteiger partial charge >= 0.3 is 0 Å². The number of rotatable bonds is 7. The Balaban J connectivity index is 1.71. The summed E-state index contributed by atoms with van der Waals surface area (Å²) in [6.45, 7) is 4.58. The van der Waals surface area contributed by atoms with Gasteiger partial charge in [-0.15, -0.1) is 0 Å². The van der Waals surface area contributed by atoms with Gasteiger partial charge in [0.15, 0.2) is 0 Å². The summed E-state index contributed by atoms with van der Waals surface area (Å²) in [6, 6.07) is 25.1. The molecule has 3 aromatic carbocycles. The van der Waals surface area contributed by atoms with Gasteiger partial charge in [0.25, 0.3) is 5.56 Å². The van der Waals surface area contributed by atoms with E-state index in [1.165, 1.54) is 0 Å². The number of aryl methyl sites for hydroxylation is 1. The van der Waals surface area contributed by atoms with Crippen molar-refractivity contribution in [1.82, 2.24) is 14.5 Å². The number of carbonyl (C=O) groups is 1. The van der Waals surface area contributed by atoms with Gasteiger partial charge in [0.1, 0.15) is 5.82 Å². The number of fused-ring (bicyclic) bond motifs is 1. The van der Waals surface area contributed by atoms with Crippen LogP contribution in [0.1, 0.15) is 55.6 Å². The maximum absolute atomic E-state index is 13.9. The summed E-state index contributed by atoms with van der Waals surface area (Å²) in [7, 11) is 0. The fourth-order valence-corrected chi connectivity index (χ4v) is 4.94. The molecule has 1 aliphatic rings. The Morgan fingerprint density at radius 1 is 1.03 bits per heavy atom. The molecule has 1 amide bonds. The van der Waals surface area contributed by atoms with Gasteiger partial charge in [-0.25, -0.2) is 4.98 Å². The van der Waals surface area contributed by atoms with Crippen molar-refractivity contribution in [3.8, 4) is 5.69 Å². The van der Waals surface area contributed by atoms with Gasteiger partial charge < -0.3 is 4.90 Å². The van der Waals surface area contributed by atoms with E-state index in [9.17, 15) is 9.59 Å². The molecule has 4 aromatic rings. The minimum absolute atomic E-state index is 0.0485. The Morgan fingerprint density at radius 3 is 2.46 bits per heavy atom. The molecule has 5 nitrogen and oxygen atoms in total. The fraction of sp³-hybridized carbons (Fsp3) is 0.300. The van der Waals surface area contributed by atoms with Crippen molar-refractivity contribution in [3.05, 3.63) is 106 Å². The van der Waals surface area contributed by atoms with Gasteiger partial charge in [-0.2, -0.15) is 0 Å². The van der Waals surface area contributed by atoms with Crippen molar-refractivity contribution >= 4 is 16.8 Å². The highest BCUT2D eigenvalue weighted by atomic mass is 16.2. The molecular weight excluding hydrogens is 434 g/mol. The quantitative estimate of drug-likeness (QED) is 0.338. The molecule has 5 heteroatoms. The highest BCUT2D eigenvalue weighted by Gasteiger charge is 2.35. The lowest BCUT2D eigenvalue weighted by atomic mass is 9.83. The third-order valence-corrected chi connectivity index (χ3v) is 7.06. The van der Waals surface area contributed by atoms with E-state index in [-0.39, 0.29) is 23.4 Å². The second kappa shape index (κ2) is 9.87. The zero-order valence-electron chi connectivity index (χ0n) is 20.4. The number of aromatic nitrogens is 2. The molecule has 1 aromatic heterocycles. The first-order chi connectivity index (χ1) is 17.1. The zero-order chi connectivity index (χ0) is 24.4. The predicted molar refractivity (Wildman–Crippen MR) is 139 cm³/mol. The molecule has 5 rings (SSSR count). The molecule has 1 fully saturated rings. The van der Waals surface area contributed by atoms with Crippen LogP contribution in [0.25, 0.3) is 16.6 Å². The summed E-state index contributed by atoms with van der Waals surface area (Å²) in [5, 5.41) is 0.576. The number of amides is 1. The van der Waals surface area contributed by atoms with Crippen molar-refractivity contribution in [2.24, 2.45) is 5.92 Å². The van der Waals surface area contributed by atoms with E-state index in [0.717, 1.165) is 36.1 Å². The topological polar surface area (TPSA) is 55.2 Å².